The topological polar surface area (TPSA) is 34.2 Å². The highest BCUT2D eigenvalue weighted by Crippen LogP contribution is 2.38. The van der Waals surface area contributed by atoms with E-state index < -0.39 is 0 Å². The number of H-pyrrole nitrogens is 1. The molecule has 0 aliphatic rings. The number of methoxy groups -OCH3 is 2. The van der Waals surface area contributed by atoms with Crippen molar-refractivity contribution in [1.82, 2.24) is 4.98 Å². The van der Waals surface area contributed by atoms with Gasteiger partial charge < -0.3 is 14.5 Å². The van der Waals surface area contributed by atoms with Gasteiger partial charge in [-0.15, -0.1) is 0 Å². The number of ether oxygens (including phenoxy) is 2. The van der Waals surface area contributed by atoms with Gasteiger partial charge in [-0.2, -0.15) is 0 Å². The fraction of sp³-hybridized carbons (Fsp3) is 0.154. The molecule has 0 bridgehead atoms. The molecule has 1 heterocycles. The van der Waals surface area contributed by atoms with Crippen molar-refractivity contribution in [2.24, 2.45) is 0 Å². The van der Waals surface area contributed by atoms with Gasteiger partial charge in [0, 0.05) is 22.7 Å². The average molecular weight is 383 g/mol. The van der Waals surface area contributed by atoms with Crippen LogP contribution < -0.4 is 9.47 Å². The van der Waals surface area contributed by atoms with Crippen LogP contribution in [0.5, 0.6) is 11.5 Å². The summed E-state index contributed by atoms with van der Waals surface area (Å²) in [6.07, 6.45) is 3.01. The molecule has 0 spiro atoms. The van der Waals surface area contributed by atoms with Gasteiger partial charge in [0.25, 0.3) is 0 Å². The summed E-state index contributed by atoms with van der Waals surface area (Å²) in [5.41, 5.74) is 7.21. The van der Waals surface area contributed by atoms with Gasteiger partial charge >= 0.3 is 0 Å². The summed E-state index contributed by atoms with van der Waals surface area (Å²) < 4.78 is 10.8. The first kappa shape index (κ1) is 18.9. The van der Waals surface area contributed by atoms with Crippen LogP contribution >= 0.6 is 0 Å². The molecular weight excluding hydrogens is 358 g/mol. The molecule has 1 aromatic heterocycles. The number of aromatic amines is 1. The minimum atomic E-state index is 0.857. The molecule has 0 aliphatic heterocycles. The molecular formula is C26H25NO2. The van der Waals surface area contributed by atoms with E-state index in [0.717, 1.165) is 23.4 Å². The van der Waals surface area contributed by atoms with Crippen LogP contribution in [-0.4, -0.2) is 19.2 Å². The van der Waals surface area contributed by atoms with Crippen molar-refractivity contribution in [1.29, 1.82) is 0 Å². The second-order valence-corrected chi connectivity index (χ2v) is 6.92. The lowest BCUT2D eigenvalue weighted by Gasteiger charge is -2.16. The number of benzene rings is 3. The summed E-state index contributed by atoms with van der Waals surface area (Å²) >= 11 is 0. The lowest BCUT2D eigenvalue weighted by Crippen LogP contribution is -1.95. The van der Waals surface area contributed by atoms with Crippen LogP contribution in [0.1, 0.15) is 30.0 Å². The van der Waals surface area contributed by atoms with Crippen molar-refractivity contribution in [2.75, 3.05) is 14.2 Å². The van der Waals surface area contributed by atoms with E-state index in [-0.39, 0.29) is 0 Å². The van der Waals surface area contributed by atoms with Crippen LogP contribution in [0.15, 0.2) is 79.0 Å². The summed E-state index contributed by atoms with van der Waals surface area (Å²) in [7, 11) is 3.40. The molecule has 4 rings (SSSR count). The standard InChI is InChI=1S/C26H25NO2/c1-4-22(24-17-27-25-15-14-21(29-3)16-23(24)25)26(18-8-6-5-7-9-18)19-10-12-20(28-2)13-11-19/h5-17,27H,4H2,1-3H3. The third kappa shape index (κ3) is 3.64. The van der Waals surface area contributed by atoms with Crippen LogP contribution in [0.4, 0.5) is 0 Å². The predicted molar refractivity (Wildman–Crippen MR) is 120 cm³/mol. The minimum absolute atomic E-state index is 0.857. The monoisotopic (exact) mass is 383 g/mol. The first-order valence-corrected chi connectivity index (χ1v) is 9.83. The average Bonchev–Trinajstić information content (AvgIpc) is 3.21. The van der Waals surface area contributed by atoms with Gasteiger partial charge in [0.15, 0.2) is 0 Å². The maximum atomic E-state index is 5.47. The Morgan fingerprint density at radius 1 is 0.793 bits per heavy atom. The summed E-state index contributed by atoms with van der Waals surface area (Å²) in [5.74, 6) is 1.72. The zero-order valence-electron chi connectivity index (χ0n) is 17.0. The van der Waals surface area contributed by atoms with Crippen molar-refractivity contribution >= 4 is 22.0 Å². The number of rotatable bonds is 6. The molecule has 29 heavy (non-hydrogen) atoms. The van der Waals surface area contributed by atoms with Crippen LogP contribution in [0.25, 0.3) is 22.0 Å². The Morgan fingerprint density at radius 2 is 1.45 bits per heavy atom. The number of hydrogen-bond acceptors (Lipinski definition) is 2. The molecule has 0 saturated heterocycles. The highest BCUT2D eigenvalue weighted by atomic mass is 16.5. The number of fused-ring (bicyclic) bond motifs is 1. The highest BCUT2D eigenvalue weighted by molar-refractivity contribution is 6.05. The smallest absolute Gasteiger partial charge is 0.119 e. The Hall–Kier alpha value is -3.46. The van der Waals surface area contributed by atoms with E-state index in [1.807, 2.05) is 18.2 Å². The van der Waals surface area contributed by atoms with Gasteiger partial charge in [-0.05, 0) is 59.0 Å². The van der Waals surface area contributed by atoms with Crippen LogP contribution in [0.3, 0.4) is 0 Å². The van der Waals surface area contributed by atoms with E-state index in [4.69, 9.17) is 9.47 Å². The van der Waals surface area contributed by atoms with Gasteiger partial charge in [0.05, 0.1) is 14.2 Å². The third-order valence-corrected chi connectivity index (χ3v) is 5.31. The van der Waals surface area contributed by atoms with Crippen molar-refractivity contribution in [2.45, 2.75) is 13.3 Å². The number of nitrogens with one attached hydrogen (secondary N) is 1. The number of aromatic nitrogens is 1. The zero-order chi connectivity index (χ0) is 20.2. The maximum Gasteiger partial charge on any atom is 0.119 e. The van der Waals surface area contributed by atoms with Crippen molar-refractivity contribution in [3.8, 4) is 11.5 Å². The molecule has 3 nitrogen and oxygen atoms in total. The fourth-order valence-electron chi connectivity index (χ4n) is 3.86. The van der Waals surface area contributed by atoms with Crippen LogP contribution in [0, 0.1) is 0 Å². The van der Waals surface area contributed by atoms with Crippen LogP contribution in [-0.2, 0) is 0 Å². The largest absolute Gasteiger partial charge is 0.497 e. The molecule has 4 aromatic rings. The van der Waals surface area contributed by atoms with Crippen molar-refractivity contribution in [3.05, 3.63) is 95.7 Å². The number of hydrogen-bond donors (Lipinski definition) is 1. The lowest BCUT2D eigenvalue weighted by atomic mass is 9.88. The predicted octanol–water partition coefficient (Wildman–Crippen LogP) is 6.55. The SMILES string of the molecule is CCC(=C(c1ccccc1)c1ccc(OC)cc1)c1c[nH]c2ccc(OC)cc12. The summed E-state index contributed by atoms with van der Waals surface area (Å²) in [5, 5.41) is 1.17. The second-order valence-electron chi connectivity index (χ2n) is 6.92. The third-order valence-electron chi connectivity index (χ3n) is 5.31. The molecule has 0 unspecified atom stereocenters. The normalized spacial score (nSPS) is 12.0. The van der Waals surface area contributed by atoms with Crippen LogP contribution in [0.2, 0.25) is 0 Å². The van der Waals surface area contributed by atoms with Gasteiger partial charge in [-0.3, -0.25) is 0 Å². The van der Waals surface area contributed by atoms with E-state index in [0.29, 0.717) is 0 Å². The Balaban J connectivity index is 1.99. The lowest BCUT2D eigenvalue weighted by molar-refractivity contribution is 0.415. The molecule has 0 amide bonds. The molecule has 0 radical (unpaired) electrons. The molecule has 0 aliphatic carbocycles. The first-order chi connectivity index (χ1) is 14.2. The summed E-state index contributed by atoms with van der Waals surface area (Å²) in [4.78, 5) is 3.42. The van der Waals surface area contributed by atoms with Gasteiger partial charge in [-0.25, -0.2) is 0 Å². The minimum Gasteiger partial charge on any atom is -0.497 e. The Kier molecular flexibility index (Phi) is 5.39. The number of allylic oxidation sites excluding steroid dienone is 1. The molecule has 1 N–H and O–H groups in total. The molecule has 0 atom stereocenters. The van der Waals surface area contributed by atoms with E-state index >= 15 is 0 Å². The molecule has 0 fully saturated rings. The zero-order valence-corrected chi connectivity index (χ0v) is 17.0. The summed E-state index contributed by atoms with van der Waals surface area (Å²) in [6, 6.07) is 25.0. The summed E-state index contributed by atoms with van der Waals surface area (Å²) in [6.45, 7) is 2.21. The van der Waals surface area contributed by atoms with Gasteiger partial charge in [-0.1, -0.05) is 49.4 Å². The van der Waals surface area contributed by atoms with Crippen molar-refractivity contribution in [3.63, 3.8) is 0 Å². The van der Waals surface area contributed by atoms with E-state index in [9.17, 15) is 0 Å². The van der Waals surface area contributed by atoms with E-state index in [1.165, 1.54) is 33.2 Å². The van der Waals surface area contributed by atoms with Gasteiger partial charge in [0.2, 0.25) is 0 Å². The Labute approximate surface area is 171 Å². The fourth-order valence-corrected chi connectivity index (χ4v) is 3.86. The van der Waals surface area contributed by atoms with Crippen molar-refractivity contribution < 1.29 is 9.47 Å². The van der Waals surface area contributed by atoms with E-state index in [2.05, 4.69) is 72.7 Å². The molecule has 146 valence electrons. The molecule has 3 heteroatoms. The Morgan fingerprint density at radius 3 is 2.10 bits per heavy atom. The van der Waals surface area contributed by atoms with Gasteiger partial charge in [0.1, 0.15) is 11.5 Å². The molecule has 0 saturated carbocycles. The quantitative estimate of drug-likeness (QED) is 0.409. The van der Waals surface area contributed by atoms with E-state index in [1.54, 1.807) is 14.2 Å². The first-order valence-electron chi connectivity index (χ1n) is 9.83. The molecule has 3 aromatic carbocycles. The Bertz CT molecular complexity index is 1140. The maximum absolute atomic E-state index is 5.47. The highest BCUT2D eigenvalue weighted by Gasteiger charge is 2.16. The second kappa shape index (κ2) is 8.27.